The SMILES string of the molecule is Clc1ccc(C2=C[C@@H](c3cccc(Br)c3)n3ncnc3N2)cc1. The van der Waals surface area contributed by atoms with Crippen LogP contribution in [0.5, 0.6) is 0 Å². The maximum absolute atomic E-state index is 5.98. The van der Waals surface area contributed by atoms with E-state index in [2.05, 4.69) is 49.5 Å². The van der Waals surface area contributed by atoms with Gasteiger partial charge in [0.05, 0.1) is 0 Å². The molecule has 1 N–H and O–H groups in total. The minimum absolute atomic E-state index is 0.0167. The molecule has 2 aromatic carbocycles. The summed E-state index contributed by atoms with van der Waals surface area (Å²) in [6.45, 7) is 0. The summed E-state index contributed by atoms with van der Waals surface area (Å²) in [5, 5.41) is 8.39. The Labute approximate surface area is 146 Å². The number of allylic oxidation sites excluding steroid dienone is 1. The van der Waals surface area contributed by atoms with Gasteiger partial charge in [-0.15, -0.1) is 0 Å². The lowest BCUT2D eigenvalue weighted by molar-refractivity contribution is 0.611. The van der Waals surface area contributed by atoms with Gasteiger partial charge in [0.15, 0.2) is 0 Å². The highest BCUT2D eigenvalue weighted by atomic mass is 79.9. The van der Waals surface area contributed by atoms with Crippen molar-refractivity contribution in [1.82, 2.24) is 14.8 Å². The largest absolute Gasteiger partial charge is 0.324 e. The minimum Gasteiger partial charge on any atom is -0.324 e. The van der Waals surface area contributed by atoms with Crippen LogP contribution in [0.4, 0.5) is 5.95 Å². The summed E-state index contributed by atoms with van der Waals surface area (Å²) in [6, 6.07) is 15.9. The van der Waals surface area contributed by atoms with E-state index < -0.39 is 0 Å². The van der Waals surface area contributed by atoms with Crippen molar-refractivity contribution in [2.75, 3.05) is 5.32 Å². The maximum Gasteiger partial charge on any atom is 0.226 e. The van der Waals surface area contributed by atoms with E-state index in [1.807, 2.05) is 41.1 Å². The van der Waals surface area contributed by atoms with E-state index in [1.54, 1.807) is 6.33 Å². The third-order valence-electron chi connectivity index (χ3n) is 3.75. The van der Waals surface area contributed by atoms with Crippen LogP contribution in [0.2, 0.25) is 5.02 Å². The van der Waals surface area contributed by atoms with Gasteiger partial charge in [0.2, 0.25) is 5.95 Å². The molecule has 1 atom stereocenters. The zero-order valence-electron chi connectivity index (χ0n) is 11.9. The number of fused-ring (bicyclic) bond motifs is 1. The number of rotatable bonds is 2. The smallest absolute Gasteiger partial charge is 0.226 e. The van der Waals surface area contributed by atoms with Crippen LogP contribution in [-0.2, 0) is 0 Å². The summed E-state index contributed by atoms with van der Waals surface area (Å²) in [7, 11) is 0. The first-order valence-corrected chi connectivity index (χ1v) is 8.27. The average molecular weight is 388 g/mol. The van der Waals surface area contributed by atoms with Gasteiger partial charge in [-0.1, -0.05) is 51.8 Å². The number of aromatic nitrogens is 3. The van der Waals surface area contributed by atoms with Crippen LogP contribution in [0, 0.1) is 0 Å². The van der Waals surface area contributed by atoms with Crippen LogP contribution >= 0.6 is 27.5 Å². The van der Waals surface area contributed by atoms with Crippen LogP contribution in [0.1, 0.15) is 17.2 Å². The van der Waals surface area contributed by atoms with Crippen LogP contribution in [0.3, 0.4) is 0 Å². The molecule has 2 heterocycles. The van der Waals surface area contributed by atoms with E-state index in [4.69, 9.17) is 11.6 Å². The van der Waals surface area contributed by atoms with Crippen LogP contribution in [-0.4, -0.2) is 14.8 Å². The first-order chi connectivity index (χ1) is 11.2. The number of anilines is 1. The third kappa shape index (κ3) is 2.78. The number of hydrogen-bond donors (Lipinski definition) is 1. The Morgan fingerprint density at radius 2 is 1.96 bits per heavy atom. The van der Waals surface area contributed by atoms with Gasteiger partial charge >= 0.3 is 0 Å². The van der Waals surface area contributed by atoms with Gasteiger partial charge in [-0.25, -0.2) is 4.68 Å². The molecule has 0 aliphatic carbocycles. The second kappa shape index (κ2) is 5.83. The average Bonchev–Trinajstić information content (AvgIpc) is 3.03. The summed E-state index contributed by atoms with van der Waals surface area (Å²) in [4.78, 5) is 4.31. The highest BCUT2D eigenvalue weighted by molar-refractivity contribution is 9.10. The van der Waals surface area contributed by atoms with Gasteiger partial charge in [-0.05, 0) is 41.5 Å². The number of halogens is 2. The number of benzene rings is 2. The predicted molar refractivity (Wildman–Crippen MR) is 95.4 cm³/mol. The van der Waals surface area contributed by atoms with Gasteiger partial charge < -0.3 is 5.32 Å². The molecule has 4 nitrogen and oxygen atoms in total. The molecule has 0 radical (unpaired) electrons. The lowest BCUT2D eigenvalue weighted by Gasteiger charge is -2.24. The van der Waals surface area contributed by atoms with E-state index in [0.717, 1.165) is 32.3 Å². The monoisotopic (exact) mass is 386 g/mol. The van der Waals surface area contributed by atoms with Gasteiger partial charge in [0.25, 0.3) is 0 Å². The van der Waals surface area contributed by atoms with E-state index in [-0.39, 0.29) is 6.04 Å². The van der Waals surface area contributed by atoms with Crippen molar-refractivity contribution in [2.24, 2.45) is 0 Å². The van der Waals surface area contributed by atoms with E-state index in [1.165, 1.54) is 0 Å². The van der Waals surface area contributed by atoms with Gasteiger partial charge in [0, 0.05) is 15.2 Å². The Morgan fingerprint density at radius 1 is 1.13 bits per heavy atom. The summed E-state index contributed by atoms with van der Waals surface area (Å²) in [6.07, 6.45) is 3.71. The zero-order chi connectivity index (χ0) is 15.8. The molecule has 23 heavy (non-hydrogen) atoms. The highest BCUT2D eigenvalue weighted by Crippen LogP contribution is 2.33. The van der Waals surface area contributed by atoms with Gasteiger partial charge in [0.1, 0.15) is 12.4 Å². The molecule has 1 aliphatic rings. The van der Waals surface area contributed by atoms with Crippen molar-refractivity contribution in [3.8, 4) is 0 Å². The lowest BCUT2D eigenvalue weighted by atomic mass is 10.0. The van der Waals surface area contributed by atoms with Crippen molar-refractivity contribution in [2.45, 2.75) is 6.04 Å². The molecule has 0 unspecified atom stereocenters. The molecule has 114 valence electrons. The molecule has 0 saturated carbocycles. The Balaban J connectivity index is 1.81. The molecule has 0 amide bonds. The minimum atomic E-state index is -0.0167. The van der Waals surface area contributed by atoms with Crippen molar-refractivity contribution in [3.05, 3.63) is 81.6 Å². The van der Waals surface area contributed by atoms with Crippen molar-refractivity contribution < 1.29 is 0 Å². The molecular formula is C17H12BrClN4. The molecule has 1 aliphatic heterocycles. The molecule has 6 heteroatoms. The summed E-state index contributed by atoms with van der Waals surface area (Å²) in [5.41, 5.74) is 3.19. The summed E-state index contributed by atoms with van der Waals surface area (Å²) >= 11 is 9.52. The van der Waals surface area contributed by atoms with E-state index in [0.29, 0.717) is 0 Å². The number of nitrogens with one attached hydrogen (secondary N) is 1. The Hall–Kier alpha value is -2.11. The molecule has 1 aromatic heterocycles. The Morgan fingerprint density at radius 3 is 2.74 bits per heavy atom. The van der Waals surface area contributed by atoms with Gasteiger partial charge in [-0.3, -0.25) is 0 Å². The fourth-order valence-corrected chi connectivity index (χ4v) is 3.20. The normalized spacial score (nSPS) is 16.4. The maximum atomic E-state index is 5.98. The molecular weight excluding hydrogens is 376 g/mol. The van der Waals surface area contributed by atoms with Crippen molar-refractivity contribution in [1.29, 1.82) is 0 Å². The molecule has 0 bridgehead atoms. The predicted octanol–water partition coefficient (Wildman–Crippen LogP) is 4.75. The number of hydrogen-bond acceptors (Lipinski definition) is 3. The summed E-state index contributed by atoms with van der Waals surface area (Å²) in [5.74, 6) is 0.724. The standard InChI is InChI=1S/C17H12BrClN4/c18-13-3-1-2-12(8-13)16-9-15(11-4-6-14(19)7-5-11)22-17-20-10-21-23(16)17/h1-10,16H,(H,20,21,22)/t16-/m0/s1. The fraction of sp³-hybridized carbons (Fsp3) is 0.0588. The summed E-state index contributed by atoms with van der Waals surface area (Å²) < 4.78 is 2.91. The van der Waals surface area contributed by atoms with Crippen LogP contribution < -0.4 is 5.32 Å². The quantitative estimate of drug-likeness (QED) is 0.690. The molecule has 3 aromatic rings. The van der Waals surface area contributed by atoms with Crippen molar-refractivity contribution in [3.63, 3.8) is 0 Å². The lowest BCUT2D eigenvalue weighted by Crippen LogP contribution is -2.20. The third-order valence-corrected chi connectivity index (χ3v) is 4.50. The molecule has 0 saturated heterocycles. The fourth-order valence-electron chi connectivity index (χ4n) is 2.66. The zero-order valence-corrected chi connectivity index (χ0v) is 14.3. The number of nitrogens with zero attached hydrogens (tertiary/aromatic N) is 3. The topological polar surface area (TPSA) is 42.7 Å². The Kier molecular flexibility index (Phi) is 3.67. The molecule has 0 fully saturated rings. The van der Waals surface area contributed by atoms with E-state index in [9.17, 15) is 0 Å². The molecule has 4 rings (SSSR count). The van der Waals surface area contributed by atoms with Crippen LogP contribution in [0.15, 0.2) is 65.4 Å². The highest BCUT2D eigenvalue weighted by Gasteiger charge is 2.23. The van der Waals surface area contributed by atoms with Gasteiger partial charge in [-0.2, -0.15) is 10.1 Å². The Bertz CT molecular complexity index is 886. The van der Waals surface area contributed by atoms with Crippen LogP contribution in [0.25, 0.3) is 5.70 Å². The van der Waals surface area contributed by atoms with E-state index >= 15 is 0 Å². The second-order valence-corrected chi connectivity index (χ2v) is 6.59. The first-order valence-electron chi connectivity index (χ1n) is 7.10. The second-order valence-electron chi connectivity index (χ2n) is 5.24. The first kappa shape index (κ1) is 14.5. The molecule has 0 spiro atoms. The van der Waals surface area contributed by atoms with Crippen molar-refractivity contribution >= 4 is 39.2 Å².